The van der Waals surface area contributed by atoms with Crippen molar-refractivity contribution in [1.29, 1.82) is 0 Å². The highest BCUT2D eigenvalue weighted by Crippen LogP contribution is 2.23. The van der Waals surface area contributed by atoms with Crippen molar-refractivity contribution in [2.75, 3.05) is 6.54 Å². The van der Waals surface area contributed by atoms with Gasteiger partial charge in [0, 0.05) is 12.1 Å². The molecule has 7 heteroatoms. The lowest BCUT2D eigenvalue weighted by Crippen LogP contribution is -2.37. The molecule has 1 atom stereocenters. The Bertz CT molecular complexity index is 888. The van der Waals surface area contributed by atoms with Gasteiger partial charge >= 0.3 is 0 Å². The van der Waals surface area contributed by atoms with Crippen LogP contribution in [0.1, 0.15) is 57.9 Å². The molecule has 1 aromatic carbocycles. The summed E-state index contributed by atoms with van der Waals surface area (Å²) in [6.45, 7) is 4.65. The molecule has 1 heterocycles. The summed E-state index contributed by atoms with van der Waals surface area (Å²) < 4.78 is 27.1. The van der Waals surface area contributed by atoms with E-state index >= 15 is 0 Å². The van der Waals surface area contributed by atoms with Gasteiger partial charge in [-0.25, -0.2) is 8.42 Å². The van der Waals surface area contributed by atoms with Crippen LogP contribution in [-0.2, 0) is 14.8 Å². The van der Waals surface area contributed by atoms with Gasteiger partial charge in [-0.15, -0.1) is 0 Å². The molecule has 0 saturated carbocycles. The normalized spacial score (nSPS) is 20.4. The summed E-state index contributed by atoms with van der Waals surface area (Å²) in [7, 11) is -3.61. The van der Waals surface area contributed by atoms with E-state index in [0.29, 0.717) is 18.5 Å². The lowest BCUT2D eigenvalue weighted by atomic mass is 9.97. The second-order valence-corrected chi connectivity index (χ2v) is 9.52. The molecule has 2 aliphatic rings. The number of allylic oxidation sites excluding steroid dienone is 1. The van der Waals surface area contributed by atoms with Gasteiger partial charge in [0.05, 0.1) is 4.90 Å². The van der Waals surface area contributed by atoms with Crippen LogP contribution in [0.25, 0.3) is 0 Å². The maximum absolute atomic E-state index is 12.8. The van der Waals surface area contributed by atoms with Crippen molar-refractivity contribution >= 4 is 21.8 Å². The van der Waals surface area contributed by atoms with E-state index in [1.807, 2.05) is 13.8 Å². The fraction of sp³-hybridized carbons (Fsp3) is 0.524. The summed E-state index contributed by atoms with van der Waals surface area (Å²) in [5.74, 6) is 0.363. The molecule has 1 aliphatic carbocycles. The van der Waals surface area contributed by atoms with E-state index < -0.39 is 16.1 Å². The summed E-state index contributed by atoms with van der Waals surface area (Å²) in [6, 6.07) is 6.09. The Kier molecular flexibility index (Phi) is 6.54. The minimum Gasteiger partial charge on any atom is -0.354 e. The van der Waals surface area contributed by atoms with Gasteiger partial charge in [-0.05, 0) is 56.6 Å². The van der Waals surface area contributed by atoms with Crippen LogP contribution in [0.3, 0.4) is 0 Å². The number of sulfonamides is 1. The van der Waals surface area contributed by atoms with Gasteiger partial charge in [0.15, 0.2) is 0 Å². The largest absolute Gasteiger partial charge is 0.354 e. The summed E-state index contributed by atoms with van der Waals surface area (Å²) >= 11 is 0. The predicted octanol–water partition coefficient (Wildman–Crippen LogP) is 3.15. The van der Waals surface area contributed by atoms with Crippen LogP contribution in [-0.4, -0.2) is 32.7 Å². The van der Waals surface area contributed by atoms with Crippen LogP contribution < -0.4 is 10.0 Å². The Labute approximate surface area is 167 Å². The Balaban J connectivity index is 1.72. The predicted molar refractivity (Wildman–Crippen MR) is 111 cm³/mol. The molecule has 0 spiro atoms. The van der Waals surface area contributed by atoms with Crippen LogP contribution in [0.2, 0.25) is 0 Å². The summed E-state index contributed by atoms with van der Waals surface area (Å²) in [5, 5.41) is 2.99. The van der Waals surface area contributed by atoms with E-state index in [9.17, 15) is 13.2 Å². The van der Waals surface area contributed by atoms with Crippen LogP contribution in [0.5, 0.6) is 0 Å². The Hall–Kier alpha value is -2.15. The van der Waals surface area contributed by atoms with E-state index in [0.717, 1.165) is 19.3 Å². The third-order valence-corrected chi connectivity index (χ3v) is 6.47. The standard InChI is InChI=1S/C21H29N3O3S/c1-15(2)14-18(21(25)22-13-12-16-8-4-3-5-9-16)23-20-17-10-6-7-11-19(17)28(26,27)24-20/h6-8,10-11,15,18H,3-5,9,12-14H2,1-2H3,(H,22,25)(H,23,24). The van der Waals surface area contributed by atoms with Gasteiger partial charge in [-0.2, -0.15) is 0 Å². The van der Waals surface area contributed by atoms with Gasteiger partial charge in [0.2, 0.25) is 5.91 Å². The van der Waals surface area contributed by atoms with Crippen LogP contribution >= 0.6 is 0 Å². The zero-order chi connectivity index (χ0) is 20.1. The maximum atomic E-state index is 12.8. The highest BCUT2D eigenvalue weighted by Gasteiger charge is 2.32. The van der Waals surface area contributed by atoms with Crippen LogP contribution in [0.15, 0.2) is 45.8 Å². The quantitative estimate of drug-likeness (QED) is 0.686. The highest BCUT2D eigenvalue weighted by molar-refractivity contribution is 7.90. The Morgan fingerprint density at radius 3 is 2.75 bits per heavy atom. The molecule has 0 bridgehead atoms. The number of fused-ring (bicyclic) bond motifs is 1. The van der Waals surface area contributed by atoms with Crippen molar-refractivity contribution in [1.82, 2.24) is 10.0 Å². The molecule has 0 fully saturated rings. The summed E-state index contributed by atoms with van der Waals surface area (Å²) in [5.41, 5.74) is 1.94. The summed E-state index contributed by atoms with van der Waals surface area (Å²) in [4.78, 5) is 17.5. The number of benzene rings is 1. The number of amides is 1. The molecule has 1 aliphatic heterocycles. The minimum absolute atomic E-state index is 0.152. The first-order valence-electron chi connectivity index (χ1n) is 10.0. The molecule has 28 heavy (non-hydrogen) atoms. The number of rotatable bonds is 7. The van der Waals surface area contributed by atoms with Crippen molar-refractivity contribution in [2.45, 2.75) is 63.3 Å². The molecule has 1 amide bonds. The zero-order valence-electron chi connectivity index (χ0n) is 16.6. The van der Waals surface area contributed by atoms with Crippen molar-refractivity contribution in [3.63, 3.8) is 0 Å². The number of amidine groups is 1. The first kappa shape index (κ1) is 20.6. The third kappa shape index (κ3) is 5.01. The average Bonchev–Trinajstić information content (AvgIpc) is 2.92. The number of carbonyl (C=O) groups is 1. The SMILES string of the molecule is CC(C)CC(N=C1NS(=O)(=O)c2ccccc21)C(=O)NCCC1=CCCCC1. The number of hydrogen-bond donors (Lipinski definition) is 2. The maximum Gasteiger partial charge on any atom is 0.263 e. The number of carbonyl (C=O) groups excluding carboxylic acids is 1. The second-order valence-electron chi connectivity index (χ2n) is 7.87. The number of aliphatic imine (C=N–C) groups is 1. The smallest absolute Gasteiger partial charge is 0.263 e. The molecule has 0 radical (unpaired) electrons. The molecule has 1 unspecified atom stereocenters. The highest BCUT2D eigenvalue weighted by atomic mass is 32.2. The number of nitrogens with one attached hydrogen (secondary N) is 2. The topological polar surface area (TPSA) is 87.6 Å². The first-order valence-corrected chi connectivity index (χ1v) is 11.5. The van der Waals surface area contributed by atoms with Crippen LogP contribution in [0, 0.1) is 5.92 Å². The first-order chi connectivity index (χ1) is 13.4. The van der Waals surface area contributed by atoms with Crippen molar-refractivity contribution in [3.8, 4) is 0 Å². The van der Waals surface area contributed by atoms with Crippen molar-refractivity contribution in [3.05, 3.63) is 41.5 Å². The lowest BCUT2D eigenvalue weighted by Gasteiger charge is -2.17. The number of nitrogens with zero attached hydrogens (tertiary/aromatic N) is 1. The lowest BCUT2D eigenvalue weighted by molar-refractivity contribution is -0.122. The zero-order valence-corrected chi connectivity index (χ0v) is 17.4. The molecule has 152 valence electrons. The molecule has 6 nitrogen and oxygen atoms in total. The molecule has 3 rings (SSSR count). The van der Waals surface area contributed by atoms with E-state index in [1.165, 1.54) is 18.4 Å². The fourth-order valence-electron chi connectivity index (χ4n) is 3.65. The molecule has 0 saturated heterocycles. The monoisotopic (exact) mass is 403 g/mol. The molecule has 1 aromatic rings. The second kappa shape index (κ2) is 8.90. The minimum atomic E-state index is -3.61. The molecule has 0 aromatic heterocycles. The van der Waals surface area contributed by atoms with E-state index in [1.54, 1.807) is 24.3 Å². The average molecular weight is 404 g/mol. The van der Waals surface area contributed by atoms with Crippen molar-refractivity contribution < 1.29 is 13.2 Å². The Morgan fingerprint density at radius 2 is 2.04 bits per heavy atom. The Morgan fingerprint density at radius 1 is 1.25 bits per heavy atom. The van der Waals surface area contributed by atoms with Gasteiger partial charge in [0.25, 0.3) is 10.0 Å². The third-order valence-electron chi connectivity index (χ3n) is 5.08. The van der Waals surface area contributed by atoms with E-state index in [-0.39, 0.29) is 22.6 Å². The molecule has 2 N–H and O–H groups in total. The van der Waals surface area contributed by atoms with Gasteiger partial charge in [0.1, 0.15) is 11.9 Å². The van der Waals surface area contributed by atoms with Gasteiger partial charge < -0.3 is 5.32 Å². The summed E-state index contributed by atoms with van der Waals surface area (Å²) in [6.07, 6.45) is 8.43. The van der Waals surface area contributed by atoms with E-state index in [4.69, 9.17) is 0 Å². The number of hydrogen-bond acceptors (Lipinski definition) is 4. The van der Waals surface area contributed by atoms with Gasteiger partial charge in [-0.3, -0.25) is 14.5 Å². The molecular weight excluding hydrogens is 374 g/mol. The van der Waals surface area contributed by atoms with E-state index in [2.05, 4.69) is 21.1 Å². The fourth-order valence-corrected chi connectivity index (χ4v) is 4.89. The molecular formula is C21H29N3O3S. The van der Waals surface area contributed by atoms with Crippen molar-refractivity contribution in [2.24, 2.45) is 10.9 Å². The van der Waals surface area contributed by atoms with Gasteiger partial charge in [-0.1, -0.05) is 37.6 Å². The van der Waals surface area contributed by atoms with Crippen LogP contribution in [0.4, 0.5) is 0 Å².